The third-order valence-electron chi connectivity index (χ3n) is 2.62. The predicted molar refractivity (Wildman–Crippen MR) is 59.9 cm³/mol. The van der Waals surface area contributed by atoms with Crippen LogP contribution in [0.1, 0.15) is 37.1 Å². The maximum absolute atomic E-state index is 11.2. The van der Waals surface area contributed by atoms with Gasteiger partial charge in [-0.2, -0.15) is 5.10 Å². The van der Waals surface area contributed by atoms with E-state index in [9.17, 15) is 14.9 Å². The monoisotopic (exact) mass is 241 g/mol. The lowest BCUT2D eigenvalue weighted by Gasteiger charge is -2.10. The Morgan fingerprint density at radius 1 is 1.65 bits per heavy atom. The van der Waals surface area contributed by atoms with E-state index in [1.807, 2.05) is 6.92 Å². The van der Waals surface area contributed by atoms with E-state index in [4.69, 9.17) is 5.11 Å². The van der Waals surface area contributed by atoms with Crippen LogP contribution in [0.15, 0.2) is 0 Å². The Bertz CT molecular complexity index is 453. The van der Waals surface area contributed by atoms with Crippen LogP contribution in [0.3, 0.4) is 0 Å². The van der Waals surface area contributed by atoms with Crippen molar-refractivity contribution in [2.24, 2.45) is 7.05 Å². The highest BCUT2D eigenvalue weighted by Gasteiger charge is 2.33. The van der Waals surface area contributed by atoms with Gasteiger partial charge in [-0.25, -0.2) is 0 Å². The Morgan fingerprint density at radius 3 is 2.65 bits per heavy atom. The summed E-state index contributed by atoms with van der Waals surface area (Å²) in [6.45, 7) is 3.34. The molecular weight excluding hydrogens is 226 g/mol. The molecule has 1 atom stereocenters. The summed E-state index contributed by atoms with van der Waals surface area (Å²) in [5.41, 5.74) is 0.227. The van der Waals surface area contributed by atoms with Crippen molar-refractivity contribution in [3.8, 4) is 0 Å². The summed E-state index contributed by atoms with van der Waals surface area (Å²) >= 11 is 0. The molecule has 17 heavy (non-hydrogen) atoms. The highest BCUT2D eigenvalue weighted by Crippen LogP contribution is 2.32. The van der Waals surface area contributed by atoms with Gasteiger partial charge in [0.15, 0.2) is 0 Å². The topological polar surface area (TPSA) is 98.3 Å². The van der Waals surface area contributed by atoms with Crippen LogP contribution in [0.25, 0.3) is 0 Å². The molecule has 0 spiro atoms. The molecule has 1 aromatic rings. The SMILES string of the molecule is CCCC(C(=O)O)c1c([N+](=O)[O-])c(C)nn1C. The highest BCUT2D eigenvalue weighted by molar-refractivity contribution is 5.77. The summed E-state index contributed by atoms with van der Waals surface area (Å²) < 4.78 is 1.29. The van der Waals surface area contributed by atoms with Gasteiger partial charge in [-0.05, 0) is 13.3 Å². The minimum atomic E-state index is -1.06. The van der Waals surface area contributed by atoms with Gasteiger partial charge in [0.1, 0.15) is 17.3 Å². The molecule has 0 aliphatic heterocycles. The number of rotatable bonds is 5. The Morgan fingerprint density at radius 2 is 2.24 bits per heavy atom. The lowest BCUT2D eigenvalue weighted by Crippen LogP contribution is -2.16. The predicted octanol–water partition coefficient (Wildman–Crippen LogP) is 1.61. The summed E-state index contributed by atoms with van der Waals surface area (Å²) in [6, 6.07) is 0. The smallest absolute Gasteiger partial charge is 0.313 e. The number of aromatic nitrogens is 2. The third kappa shape index (κ3) is 2.43. The standard InChI is InChI=1S/C10H15N3O4/c1-4-5-7(10(14)15)9-8(13(16)17)6(2)11-12(9)3/h7H,4-5H2,1-3H3,(H,14,15). The first-order chi connectivity index (χ1) is 7.90. The van der Waals surface area contributed by atoms with Gasteiger partial charge in [-0.1, -0.05) is 13.3 Å². The van der Waals surface area contributed by atoms with Gasteiger partial charge >= 0.3 is 11.7 Å². The zero-order valence-corrected chi connectivity index (χ0v) is 10.0. The molecule has 0 radical (unpaired) electrons. The van der Waals surface area contributed by atoms with E-state index in [1.54, 1.807) is 0 Å². The van der Waals surface area contributed by atoms with E-state index in [0.717, 1.165) is 0 Å². The quantitative estimate of drug-likeness (QED) is 0.623. The summed E-state index contributed by atoms with van der Waals surface area (Å²) in [7, 11) is 1.53. The van der Waals surface area contributed by atoms with Gasteiger partial charge in [-0.3, -0.25) is 19.6 Å². The Hall–Kier alpha value is -1.92. The van der Waals surface area contributed by atoms with E-state index < -0.39 is 16.8 Å². The van der Waals surface area contributed by atoms with Crippen LogP contribution >= 0.6 is 0 Å². The van der Waals surface area contributed by atoms with E-state index in [-0.39, 0.29) is 17.1 Å². The number of aryl methyl sites for hydroxylation is 2. The number of aliphatic carboxylic acids is 1. The van der Waals surface area contributed by atoms with Crippen molar-refractivity contribution < 1.29 is 14.8 Å². The Kier molecular flexibility index (Phi) is 3.82. The average Bonchev–Trinajstić information content (AvgIpc) is 2.49. The number of nitro groups is 1. The molecule has 1 heterocycles. The minimum Gasteiger partial charge on any atom is -0.481 e. The second kappa shape index (κ2) is 4.94. The van der Waals surface area contributed by atoms with Gasteiger partial charge in [0.2, 0.25) is 0 Å². The molecule has 0 aliphatic rings. The molecule has 0 fully saturated rings. The van der Waals surface area contributed by atoms with E-state index in [1.165, 1.54) is 18.7 Å². The average molecular weight is 241 g/mol. The minimum absolute atomic E-state index is 0.168. The zero-order valence-electron chi connectivity index (χ0n) is 10.0. The maximum Gasteiger partial charge on any atom is 0.313 e. The largest absolute Gasteiger partial charge is 0.481 e. The molecule has 1 N–H and O–H groups in total. The summed E-state index contributed by atoms with van der Waals surface area (Å²) in [4.78, 5) is 21.5. The fraction of sp³-hybridized carbons (Fsp3) is 0.600. The molecule has 7 heteroatoms. The third-order valence-corrected chi connectivity index (χ3v) is 2.62. The summed E-state index contributed by atoms with van der Waals surface area (Å²) in [5.74, 6) is -1.94. The summed E-state index contributed by atoms with van der Waals surface area (Å²) in [6.07, 6.45) is 0.994. The normalized spacial score (nSPS) is 12.4. The second-order valence-electron chi connectivity index (χ2n) is 3.88. The lowest BCUT2D eigenvalue weighted by molar-refractivity contribution is -0.386. The van der Waals surface area contributed by atoms with Crippen LogP contribution < -0.4 is 0 Å². The van der Waals surface area contributed by atoms with Crippen molar-refractivity contribution in [2.45, 2.75) is 32.6 Å². The van der Waals surface area contributed by atoms with Crippen molar-refractivity contribution >= 4 is 11.7 Å². The van der Waals surface area contributed by atoms with Crippen molar-refractivity contribution in [2.75, 3.05) is 0 Å². The number of hydrogen-bond acceptors (Lipinski definition) is 4. The maximum atomic E-state index is 11.2. The van der Waals surface area contributed by atoms with E-state index in [0.29, 0.717) is 12.8 Å². The van der Waals surface area contributed by atoms with Gasteiger partial charge < -0.3 is 5.11 Å². The lowest BCUT2D eigenvalue weighted by atomic mass is 9.98. The molecule has 0 saturated carbocycles. The molecule has 94 valence electrons. The van der Waals surface area contributed by atoms with Crippen LogP contribution in [-0.2, 0) is 11.8 Å². The number of carboxylic acids is 1. The molecule has 1 aromatic heterocycles. The zero-order chi connectivity index (χ0) is 13.2. The van der Waals surface area contributed by atoms with Crippen LogP contribution in [0.4, 0.5) is 5.69 Å². The number of carbonyl (C=O) groups is 1. The Balaban J connectivity index is 3.36. The molecule has 0 amide bonds. The fourth-order valence-corrected chi connectivity index (χ4v) is 1.95. The molecule has 0 aliphatic carbocycles. The van der Waals surface area contributed by atoms with E-state index >= 15 is 0 Å². The first-order valence-electron chi connectivity index (χ1n) is 5.30. The van der Waals surface area contributed by atoms with Crippen LogP contribution in [0.5, 0.6) is 0 Å². The van der Waals surface area contributed by atoms with Crippen LogP contribution in [-0.4, -0.2) is 25.8 Å². The molecule has 1 rings (SSSR count). The molecular formula is C10H15N3O4. The van der Waals surface area contributed by atoms with Gasteiger partial charge in [-0.15, -0.1) is 0 Å². The fourth-order valence-electron chi connectivity index (χ4n) is 1.95. The van der Waals surface area contributed by atoms with Gasteiger partial charge in [0.05, 0.1) is 4.92 Å². The summed E-state index contributed by atoms with van der Waals surface area (Å²) in [5, 5.41) is 24.0. The van der Waals surface area contributed by atoms with Crippen LogP contribution in [0, 0.1) is 17.0 Å². The second-order valence-corrected chi connectivity index (χ2v) is 3.88. The van der Waals surface area contributed by atoms with Crippen LogP contribution in [0.2, 0.25) is 0 Å². The first-order valence-corrected chi connectivity index (χ1v) is 5.30. The molecule has 0 aromatic carbocycles. The van der Waals surface area contributed by atoms with Gasteiger partial charge in [0.25, 0.3) is 0 Å². The number of carboxylic acid groups (broad SMARTS) is 1. The van der Waals surface area contributed by atoms with Gasteiger partial charge in [0, 0.05) is 7.05 Å². The van der Waals surface area contributed by atoms with E-state index in [2.05, 4.69) is 5.10 Å². The van der Waals surface area contributed by atoms with Crippen molar-refractivity contribution in [3.05, 3.63) is 21.5 Å². The van der Waals surface area contributed by atoms with Crippen molar-refractivity contribution in [1.82, 2.24) is 9.78 Å². The molecule has 0 saturated heterocycles. The van der Waals surface area contributed by atoms with Crippen molar-refractivity contribution in [3.63, 3.8) is 0 Å². The first kappa shape index (κ1) is 13.1. The van der Waals surface area contributed by atoms with Crippen molar-refractivity contribution in [1.29, 1.82) is 0 Å². The molecule has 7 nitrogen and oxygen atoms in total. The number of hydrogen-bond donors (Lipinski definition) is 1. The molecule has 1 unspecified atom stereocenters. The number of nitrogens with zero attached hydrogens (tertiary/aromatic N) is 3. The molecule has 0 bridgehead atoms. The Labute approximate surface area is 98.2 Å². The highest BCUT2D eigenvalue weighted by atomic mass is 16.6.